The smallest absolute Gasteiger partial charge is 0.252 e. The molecule has 61 heavy (non-hydrogen) atoms. The van der Waals surface area contributed by atoms with Crippen molar-refractivity contribution in [1.82, 2.24) is 4.57 Å². The average Bonchev–Trinajstić information content (AvgIpc) is 3.69. The third-order valence-corrected chi connectivity index (χ3v) is 14.8. The van der Waals surface area contributed by atoms with Gasteiger partial charge in [0.05, 0.1) is 16.7 Å². The summed E-state index contributed by atoms with van der Waals surface area (Å²) in [5.74, 6) is 0. The third-order valence-electron chi connectivity index (χ3n) is 14.8. The quantitative estimate of drug-likeness (QED) is 0.161. The molecule has 1 aromatic heterocycles. The number of hydrogen-bond donors (Lipinski definition) is 0. The number of anilines is 5. The molecule has 0 N–H and O–H groups in total. The first-order chi connectivity index (χ1) is 29.6. The van der Waals surface area contributed by atoms with Gasteiger partial charge < -0.3 is 14.4 Å². The zero-order valence-corrected chi connectivity index (χ0v) is 36.0. The van der Waals surface area contributed by atoms with Gasteiger partial charge in [0.15, 0.2) is 0 Å². The summed E-state index contributed by atoms with van der Waals surface area (Å²) in [6, 6.07) is 62.4. The van der Waals surface area contributed by atoms with E-state index in [1.54, 1.807) is 0 Å². The minimum absolute atomic E-state index is 0.0350. The highest BCUT2D eigenvalue weighted by molar-refractivity contribution is 7.00. The lowest BCUT2D eigenvalue weighted by molar-refractivity contribution is 0.336. The van der Waals surface area contributed by atoms with E-state index in [1.807, 2.05) is 0 Å². The Labute approximate surface area is 359 Å². The van der Waals surface area contributed by atoms with Gasteiger partial charge in [0.1, 0.15) is 0 Å². The molecule has 0 radical (unpaired) electrons. The standard InChI is InChI=1S/C57H48BN3/c1-35-26-27-50-43(28-35)44-29-36(2)31-46-54(44)60(50)51-33-42(59(48-24-16-14-18-38(48)4)49-25-17-15-19-39(49)5)34-52-53(51)58(46)47-32-37(3)30-45-55(47)61(52)57(7,41-22-12-9-13-23-41)56(45,6)40-20-10-8-11-21-40/h8-34H,1-7H3. The molecule has 9 aromatic rings. The van der Waals surface area contributed by atoms with Crippen molar-refractivity contribution in [3.8, 4) is 5.69 Å². The second-order valence-electron chi connectivity index (χ2n) is 18.4. The van der Waals surface area contributed by atoms with Gasteiger partial charge in [-0.3, -0.25) is 0 Å². The normalized spacial score (nSPS) is 18.1. The summed E-state index contributed by atoms with van der Waals surface area (Å²) >= 11 is 0. The molecular weight excluding hydrogens is 737 g/mol. The Morgan fingerprint density at radius 1 is 0.508 bits per heavy atom. The average molecular weight is 786 g/mol. The number of rotatable bonds is 5. The van der Waals surface area contributed by atoms with Gasteiger partial charge in [0, 0.05) is 50.1 Å². The van der Waals surface area contributed by atoms with Gasteiger partial charge in [0.2, 0.25) is 0 Å². The Balaban J connectivity index is 1.30. The van der Waals surface area contributed by atoms with Crippen molar-refractivity contribution in [1.29, 1.82) is 0 Å². The summed E-state index contributed by atoms with van der Waals surface area (Å²) < 4.78 is 2.62. The Kier molecular flexibility index (Phi) is 7.47. The van der Waals surface area contributed by atoms with Crippen LogP contribution < -0.4 is 26.2 Å². The van der Waals surface area contributed by atoms with Gasteiger partial charge in [-0.05, 0) is 135 Å². The van der Waals surface area contributed by atoms with E-state index < -0.39 is 11.0 Å². The maximum absolute atomic E-state index is 2.79. The Morgan fingerprint density at radius 3 is 1.75 bits per heavy atom. The van der Waals surface area contributed by atoms with Gasteiger partial charge in [-0.1, -0.05) is 138 Å². The maximum atomic E-state index is 2.79. The lowest BCUT2D eigenvalue weighted by Gasteiger charge is -2.50. The molecule has 3 aliphatic rings. The molecule has 0 saturated heterocycles. The lowest BCUT2D eigenvalue weighted by atomic mass is 9.33. The molecule has 2 unspecified atom stereocenters. The molecule has 12 rings (SSSR count). The van der Waals surface area contributed by atoms with Crippen LogP contribution in [0.3, 0.4) is 0 Å². The molecule has 4 heteroatoms. The molecule has 3 nitrogen and oxygen atoms in total. The van der Waals surface area contributed by atoms with E-state index in [4.69, 9.17) is 0 Å². The predicted octanol–water partition coefficient (Wildman–Crippen LogP) is 12.3. The minimum Gasteiger partial charge on any atom is -0.331 e. The zero-order valence-electron chi connectivity index (χ0n) is 36.0. The summed E-state index contributed by atoms with van der Waals surface area (Å²) in [7, 11) is 0. The van der Waals surface area contributed by atoms with Gasteiger partial charge in [0.25, 0.3) is 6.71 Å². The van der Waals surface area contributed by atoms with E-state index in [-0.39, 0.29) is 6.71 Å². The topological polar surface area (TPSA) is 11.4 Å². The van der Waals surface area contributed by atoms with Crippen LogP contribution in [0.2, 0.25) is 0 Å². The molecule has 0 saturated carbocycles. The lowest BCUT2D eigenvalue weighted by Crippen LogP contribution is -2.63. The molecule has 0 amide bonds. The van der Waals surface area contributed by atoms with Crippen LogP contribution in [0.25, 0.3) is 27.5 Å². The van der Waals surface area contributed by atoms with E-state index in [9.17, 15) is 0 Å². The number of aryl methyl sites for hydroxylation is 5. The Hall–Kier alpha value is -6.78. The highest BCUT2D eigenvalue weighted by Gasteiger charge is 2.62. The summed E-state index contributed by atoms with van der Waals surface area (Å²) in [6.45, 7) is 16.4. The van der Waals surface area contributed by atoms with E-state index in [1.165, 1.54) is 111 Å². The molecule has 294 valence electrons. The molecular formula is C57H48BN3. The van der Waals surface area contributed by atoms with Crippen LogP contribution in [0.15, 0.2) is 164 Å². The number of hydrogen-bond acceptors (Lipinski definition) is 2. The third kappa shape index (κ3) is 4.65. The van der Waals surface area contributed by atoms with Crippen molar-refractivity contribution in [3.63, 3.8) is 0 Å². The van der Waals surface area contributed by atoms with E-state index in [2.05, 4.69) is 227 Å². The summed E-state index contributed by atoms with van der Waals surface area (Å²) in [5.41, 5.74) is 23.5. The van der Waals surface area contributed by atoms with Crippen LogP contribution >= 0.6 is 0 Å². The van der Waals surface area contributed by atoms with Gasteiger partial charge >= 0.3 is 0 Å². The summed E-state index contributed by atoms with van der Waals surface area (Å²) in [4.78, 5) is 5.31. The molecule has 0 aliphatic carbocycles. The fraction of sp³-hybridized carbons (Fsp3) is 0.158. The minimum atomic E-state index is -0.522. The number of benzene rings is 8. The second kappa shape index (κ2) is 12.6. The van der Waals surface area contributed by atoms with E-state index in [0.717, 1.165) is 5.69 Å². The number of fused-ring (bicyclic) bond motifs is 7. The van der Waals surface area contributed by atoms with Crippen molar-refractivity contribution in [2.45, 2.75) is 59.4 Å². The summed E-state index contributed by atoms with van der Waals surface area (Å²) in [5, 5.41) is 2.64. The first kappa shape index (κ1) is 36.1. The number of para-hydroxylation sites is 2. The SMILES string of the molecule is Cc1cc2c3c(c1)C(C)(c1ccccc1)C(C)(c1ccccc1)N3c1cc(N(c3ccccc3C)c3ccccc3C)cc3c1B2c1cc(C)cc2c4cc(C)ccc4n-3c12. The van der Waals surface area contributed by atoms with Crippen molar-refractivity contribution in [2.75, 3.05) is 9.80 Å². The summed E-state index contributed by atoms with van der Waals surface area (Å²) in [6.07, 6.45) is 0. The molecule has 0 spiro atoms. The maximum Gasteiger partial charge on any atom is 0.252 e. The van der Waals surface area contributed by atoms with Crippen molar-refractivity contribution >= 4 is 73.3 Å². The highest BCUT2D eigenvalue weighted by atomic mass is 15.3. The van der Waals surface area contributed by atoms with Crippen molar-refractivity contribution < 1.29 is 0 Å². The van der Waals surface area contributed by atoms with Gasteiger partial charge in [-0.15, -0.1) is 0 Å². The van der Waals surface area contributed by atoms with Crippen LogP contribution in [0.4, 0.5) is 28.4 Å². The molecule has 0 bridgehead atoms. The highest BCUT2D eigenvalue weighted by Crippen LogP contribution is 2.63. The van der Waals surface area contributed by atoms with Crippen LogP contribution in [-0.2, 0) is 11.0 Å². The van der Waals surface area contributed by atoms with Crippen LogP contribution in [0.1, 0.15) is 58.4 Å². The van der Waals surface area contributed by atoms with Crippen molar-refractivity contribution in [3.05, 3.63) is 208 Å². The first-order valence-electron chi connectivity index (χ1n) is 21.8. The fourth-order valence-corrected chi connectivity index (χ4v) is 11.9. The number of aromatic nitrogens is 1. The zero-order chi connectivity index (χ0) is 41.5. The van der Waals surface area contributed by atoms with Crippen LogP contribution in [0.5, 0.6) is 0 Å². The van der Waals surface area contributed by atoms with Crippen molar-refractivity contribution in [2.24, 2.45) is 0 Å². The van der Waals surface area contributed by atoms with Gasteiger partial charge in [-0.2, -0.15) is 0 Å². The molecule has 2 atom stereocenters. The Bertz CT molecular complexity index is 3260. The monoisotopic (exact) mass is 785 g/mol. The molecule has 3 aliphatic heterocycles. The van der Waals surface area contributed by atoms with Gasteiger partial charge in [-0.25, -0.2) is 0 Å². The van der Waals surface area contributed by atoms with E-state index >= 15 is 0 Å². The largest absolute Gasteiger partial charge is 0.331 e. The fourth-order valence-electron chi connectivity index (χ4n) is 11.9. The Morgan fingerprint density at radius 2 is 1.08 bits per heavy atom. The van der Waals surface area contributed by atoms with Crippen LogP contribution in [0, 0.1) is 34.6 Å². The molecule has 8 aromatic carbocycles. The molecule has 0 fully saturated rings. The second-order valence-corrected chi connectivity index (χ2v) is 18.4. The predicted molar refractivity (Wildman–Crippen MR) is 259 cm³/mol. The van der Waals surface area contributed by atoms with E-state index in [0.29, 0.717) is 0 Å². The molecule has 4 heterocycles. The number of nitrogens with zero attached hydrogens (tertiary/aromatic N) is 3. The first-order valence-corrected chi connectivity index (χ1v) is 21.8. The van der Waals surface area contributed by atoms with Crippen LogP contribution in [-0.4, -0.2) is 11.3 Å².